The minimum Gasteiger partial charge on any atom is -0.465 e. The average molecular weight is 343 g/mol. The minimum absolute atomic E-state index is 0.00783. The van der Waals surface area contributed by atoms with E-state index in [0.717, 1.165) is 0 Å². The SMILES string of the molecule is CN=C(NO)C(=NOCc1cccc(NC(=O)O)n1)c1ccccc1. The van der Waals surface area contributed by atoms with Crippen LogP contribution in [0.3, 0.4) is 0 Å². The highest BCUT2D eigenvalue weighted by Gasteiger charge is 2.11. The fourth-order valence-corrected chi connectivity index (χ4v) is 1.94. The molecule has 2 rings (SSSR count). The fourth-order valence-electron chi connectivity index (χ4n) is 1.94. The van der Waals surface area contributed by atoms with E-state index in [2.05, 4.69) is 20.4 Å². The number of hydroxylamine groups is 1. The summed E-state index contributed by atoms with van der Waals surface area (Å²) in [4.78, 5) is 23.9. The number of hydrogen-bond acceptors (Lipinski definition) is 6. The lowest BCUT2D eigenvalue weighted by Gasteiger charge is -2.09. The number of oxime groups is 1. The van der Waals surface area contributed by atoms with E-state index >= 15 is 0 Å². The van der Waals surface area contributed by atoms with Crippen LogP contribution in [0.2, 0.25) is 0 Å². The van der Waals surface area contributed by atoms with Crippen molar-refractivity contribution in [2.75, 3.05) is 12.4 Å². The maximum Gasteiger partial charge on any atom is 0.410 e. The van der Waals surface area contributed by atoms with Crippen LogP contribution in [0.15, 0.2) is 58.7 Å². The molecule has 2 aromatic rings. The number of nitrogens with one attached hydrogen (secondary N) is 2. The first-order valence-corrected chi connectivity index (χ1v) is 7.22. The molecule has 0 aliphatic rings. The molecular formula is C16H17N5O4. The second-order valence-electron chi connectivity index (χ2n) is 4.71. The van der Waals surface area contributed by atoms with E-state index in [1.807, 2.05) is 23.7 Å². The summed E-state index contributed by atoms with van der Waals surface area (Å²) in [6.45, 7) is 0.00783. The van der Waals surface area contributed by atoms with Crippen LogP contribution in [0.25, 0.3) is 0 Å². The first kappa shape index (κ1) is 17.9. The van der Waals surface area contributed by atoms with Crippen molar-refractivity contribution in [3.8, 4) is 0 Å². The highest BCUT2D eigenvalue weighted by Crippen LogP contribution is 2.08. The molecule has 1 amide bonds. The quantitative estimate of drug-likeness (QED) is 0.361. The number of amides is 1. The predicted octanol–water partition coefficient (Wildman–Crippen LogP) is 2.10. The van der Waals surface area contributed by atoms with Crippen LogP contribution in [-0.4, -0.2) is 40.0 Å². The number of aliphatic imine (C=N–C) groups is 1. The van der Waals surface area contributed by atoms with Crippen LogP contribution in [0.1, 0.15) is 11.3 Å². The van der Waals surface area contributed by atoms with Crippen LogP contribution in [0, 0.1) is 0 Å². The molecule has 1 heterocycles. The van der Waals surface area contributed by atoms with Crippen molar-refractivity contribution < 1.29 is 19.9 Å². The second-order valence-corrected chi connectivity index (χ2v) is 4.71. The van der Waals surface area contributed by atoms with Gasteiger partial charge in [-0.05, 0) is 12.1 Å². The second kappa shape index (κ2) is 8.99. The van der Waals surface area contributed by atoms with Crippen molar-refractivity contribution in [2.45, 2.75) is 6.61 Å². The number of carboxylic acid groups (broad SMARTS) is 1. The van der Waals surface area contributed by atoms with Gasteiger partial charge in [0.15, 0.2) is 18.2 Å². The van der Waals surface area contributed by atoms with Gasteiger partial charge in [-0.2, -0.15) is 0 Å². The molecule has 0 fully saturated rings. The van der Waals surface area contributed by atoms with Crippen LogP contribution < -0.4 is 10.8 Å². The summed E-state index contributed by atoms with van der Waals surface area (Å²) in [5.74, 6) is 0.328. The van der Waals surface area contributed by atoms with Crippen molar-refractivity contribution in [3.05, 3.63) is 59.8 Å². The van der Waals surface area contributed by atoms with Gasteiger partial charge in [0.2, 0.25) is 0 Å². The molecule has 4 N–H and O–H groups in total. The summed E-state index contributed by atoms with van der Waals surface area (Å²) >= 11 is 0. The molecule has 1 aromatic heterocycles. The molecule has 9 nitrogen and oxygen atoms in total. The number of pyridine rings is 1. The number of hydrogen-bond donors (Lipinski definition) is 4. The topological polar surface area (TPSA) is 128 Å². The third-order valence-electron chi connectivity index (χ3n) is 3.01. The van der Waals surface area contributed by atoms with Gasteiger partial charge < -0.3 is 9.94 Å². The molecule has 0 bridgehead atoms. The van der Waals surface area contributed by atoms with E-state index < -0.39 is 6.09 Å². The van der Waals surface area contributed by atoms with Gasteiger partial charge >= 0.3 is 6.09 Å². The van der Waals surface area contributed by atoms with E-state index in [9.17, 15) is 10.0 Å². The number of carbonyl (C=O) groups is 1. The summed E-state index contributed by atoms with van der Waals surface area (Å²) in [6.07, 6.45) is -1.20. The third kappa shape index (κ3) is 5.29. The summed E-state index contributed by atoms with van der Waals surface area (Å²) in [6, 6.07) is 13.9. The largest absolute Gasteiger partial charge is 0.465 e. The first-order chi connectivity index (χ1) is 12.1. The summed E-state index contributed by atoms with van der Waals surface area (Å²) in [5.41, 5.74) is 3.46. The minimum atomic E-state index is -1.20. The summed E-state index contributed by atoms with van der Waals surface area (Å²) in [5, 5.41) is 24.1. The Morgan fingerprint density at radius 1 is 1.20 bits per heavy atom. The number of amidine groups is 1. The monoisotopic (exact) mass is 343 g/mol. The molecule has 130 valence electrons. The summed E-state index contributed by atoms with van der Waals surface area (Å²) < 4.78 is 0. The Labute approximate surface area is 143 Å². The zero-order chi connectivity index (χ0) is 18.1. The average Bonchev–Trinajstić information content (AvgIpc) is 2.62. The molecule has 0 atom stereocenters. The summed E-state index contributed by atoms with van der Waals surface area (Å²) in [7, 11) is 1.50. The van der Waals surface area contributed by atoms with Gasteiger partial charge in [0.05, 0.1) is 5.69 Å². The third-order valence-corrected chi connectivity index (χ3v) is 3.01. The standard InChI is InChI=1S/C16H17N5O4/c1-17-15(20-24)14(11-6-3-2-4-7-11)21-25-10-12-8-5-9-13(18-12)19-16(22)23/h2-9,24H,10H2,1H3,(H,17,20)(H,18,19)(H,22,23). The van der Waals surface area contributed by atoms with Crippen molar-refractivity contribution in [1.29, 1.82) is 0 Å². The lowest BCUT2D eigenvalue weighted by atomic mass is 10.1. The van der Waals surface area contributed by atoms with Crippen molar-refractivity contribution in [2.24, 2.45) is 10.1 Å². The van der Waals surface area contributed by atoms with Gasteiger partial charge in [0.25, 0.3) is 0 Å². The van der Waals surface area contributed by atoms with E-state index in [1.165, 1.54) is 13.1 Å². The van der Waals surface area contributed by atoms with Gasteiger partial charge in [-0.15, -0.1) is 0 Å². The first-order valence-electron chi connectivity index (χ1n) is 7.22. The van der Waals surface area contributed by atoms with Crippen molar-refractivity contribution in [3.63, 3.8) is 0 Å². The molecule has 25 heavy (non-hydrogen) atoms. The number of anilines is 1. The van der Waals surface area contributed by atoms with Crippen LogP contribution in [0.4, 0.5) is 10.6 Å². The van der Waals surface area contributed by atoms with Crippen molar-refractivity contribution in [1.82, 2.24) is 10.5 Å². The maximum atomic E-state index is 10.6. The maximum absolute atomic E-state index is 10.6. The molecular weight excluding hydrogens is 326 g/mol. The van der Waals surface area contributed by atoms with Gasteiger partial charge in [-0.25, -0.2) is 9.78 Å². The zero-order valence-electron chi connectivity index (χ0n) is 13.4. The Kier molecular flexibility index (Phi) is 6.43. The molecule has 0 saturated heterocycles. The molecule has 0 aliphatic heterocycles. The highest BCUT2D eigenvalue weighted by molar-refractivity contribution is 6.47. The lowest BCUT2D eigenvalue weighted by molar-refractivity contribution is 0.128. The van der Waals surface area contributed by atoms with E-state index in [4.69, 9.17) is 9.94 Å². The molecule has 0 radical (unpaired) electrons. The van der Waals surface area contributed by atoms with E-state index in [-0.39, 0.29) is 18.3 Å². The number of benzene rings is 1. The normalized spacial score (nSPS) is 11.8. The van der Waals surface area contributed by atoms with Gasteiger partial charge in [0, 0.05) is 12.6 Å². The van der Waals surface area contributed by atoms with Crippen LogP contribution in [-0.2, 0) is 11.4 Å². The predicted molar refractivity (Wildman–Crippen MR) is 91.9 cm³/mol. The van der Waals surface area contributed by atoms with Gasteiger partial charge in [0.1, 0.15) is 5.82 Å². The molecule has 9 heteroatoms. The molecule has 0 aliphatic carbocycles. The Morgan fingerprint density at radius 3 is 2.60 bits per heavy atom. The number of aromatic nitrogens is 1. The van der Waals surface area contributed by atoms with Gasteiger partial charge in [-0.1, -0.05) is 41.6 Å². The Bertz CT molecular complexity index is 777. The Morgan fingerprint density at radius 2 is 1.96 bits per heavy atom. The highest BCUT2D eigenvalue weighted by atomic mass is 16.6. The lowest BCUT2D eigenvalue weighted by Crippen LogP contribution is -2.29. The van der Waals surface area contributed by atoms with Crippen LogP contribution in [0.5, 0.6) is 0 Å². The van der Waals surface area contributed by atoms with E-state index in [1.54, 1.807) is 24.3 Å². The molecule has 0 saturated carbocycles. The zero-order valence-corrected chi connectivity index (χ0v) is 13.4. The molecule has 0 spiro atoms. The van der Waals surface area contributed by atoms with E-state index in [0.29, 0.717) is 17.0 Å². The van der Waals surface area contributed by atoms with Crippen LogP contribution >= 0.6 is 0 Å². The number of nitrogens with zero attached hydrogens (tertiary/aromatic N) is 3. The van der Waals surface area contributed by atoms with Crippen molar-refractivity contribution >= 4 is 23.5 Å². The molecule has 0 unspecified atom stereocenters. The number of rotatable bonds is 6. The molecule has 1 aromatic carbocycles. The van der Waals surface area contributed by atoms with Gasteiger partial charge in [-0.3, -0.25) is 21.0 Å². The Hall–Kier alpha value is -3.46. The Balaban J connectivity index is 2.15. The fraction of sp³-hybridized carbons (Fsp3) is 0.125. The smallest absolute Gasteiger partial charge is 0.410 e.